The molecule has 1 atom stereocenters. The number of halogens is 2. The molecule has 0 aromatic rings. The van der Waals surface area contributed by atoms with Gasteiger partial charge >= 0.3 is 12.7 Å². The Labute approximate surface area is 84.7 Å². The number of carbonyl (C=O) groups excluding carboxylic acids is 2. The SMILES string of the molecule is O=C=NC1CCCN(C(=O)OC(F)F)C1. The summed E-state index contributed by atoms with van der Waals surface area (Å²) in [7, 11) is 0. The number of hydrogen-bond acceptors (Lipinski definition) is 4. The number of piperidine rings is 1. The number of rotatable bonds is 2. The lowest BCUT2D eigenvalue weighted by molar-refractivity contribution is -0.0933. The zero-order valence-corrected chi connectivity index (χ0v) is 7.86. The fraction of sp³-hybridized carbons (Fsp3) is 0.750. The highest BCUT2D eigenvalue weighted by molar-refractivity contribution is 5.67. The van der Waals surface area contributed by atoms with Gasteiger partial charge in [0.2, 0.25) is 6.08 Å². The summed E-state index contributed by atoms with van der Waals surface area (Å²) in [5.74, 6) is 0. The molecule has 1 aliphatic heterocycles. The van der Waals surface area contributed by atoms with E-state index in [9.17, 15) is 18.4 Å². The molecule has 5 nitrogen and oxygen atoms in total. The molecule has 1 aliphatic rings. The molecule has 1 unspecified atom stereocenters. The topological polar surface area (TPSA) is 59.0 Å². The number of nitrogens with zero attached hydrogens (tertiary/aromatic N) is 2. The largest absolute Gasteiger partial charge is 0.414 e. The molecular weight excluding hydrogens is 210 g/mol. The second-order valence-electron chi connectivity index (χ2n) is 3.11. The molecule has 1 heterocycles. The first-order valence-electron chi connectivity index (χ1n) is 4.44. The van der Waals surface area contributed by atoms with E-state index in [0.717, 1.165) is 4.90 Å². The highest BCUT2D eigenvalue weighted by Gasteiger charge is 2.26. The second-order valence-corrected chi connectivity index (χ2v) is 3.11. The van der Waals surface area contributed by atoms with E-state index in [1.165, 1.54) is 6.08 Å². The smallest absolute Gasteiger partial charge is 0.386 e. The molecule has 1 fully saturated rings. The molecule has 0 aromatic heterocycles. The lowest BCUT2D eigenvalue weighted by atomic mass is 10.1. The summed E-state index contributed by atoms with van der Waals surface area (Å²) in [6, 6.07) is -0.360. The average molecular weight is 220 g/mol. The summed E-state index contributed by atoms with van der Waals surface area (Å²) < 4.78 is 27.2. The molecular formula is C8H10F2N2O3. The first kappa shape index (κ1) is 11.6. The maximum Gasteiger partial charge on any atom is 0.414 e. The number of aliphatic imine (C=N–C) groups is 1. The van der Waals surface area contributed by atoms with Crippen LogP contribution < -0.4 is 0 Å². The Morgan fingerprint density at radius 3 is 2.93 bits per heavy atom. The lowest BCUT2D eigenvalue weighted by Gasteiger charge is -2.28. The van der Waals surface area contributed by atoms with E-state index in [4.69, 9.17) is 0 Å². The van der Waals surface area contributed by atoms with Crippen LogP contribution in [0.2, 0.25) is 0 Å². The predicted octanol–water partition coefficient (Wildman–Crippen LogP) is 1.15. The van der Waals surface area contributed by atoms with Gasteiger partial charge in [-0.15, -0.1) is 0 Å². The summed E-state index contributed by atoms with van der Waals surface area (Å²) >= 11 is 0. The highest BCUT2D eigenvalue weighted by Crippen LogP contribution is 2.14. The third kappa shape index (κ3) is 3.63. The van der Waals surface area contributed by atoms with Gasteiger partial charge in [-0.3, -0.25) is 0 Å². The van der Waals surface area contributed by atoms with Gasteiger partial charge in [-0.1, -0.05) is 0 Å². The predicted molar refractivity (Wildman–Crippen MR) is 45.2 cm³/mol. The molecule has 0 radical (unpaired) electrons. The van der Waals surface area contributed by atoms with Gasteiger partial charge in [-0.2, -0.15) is 8.78 Å². The van der Waals surface area contributed by atoms with Crippen LogP contribution >= 0.6 is 0 Å². The van der Waals surface area contributed by atoms with Gasteiger partial charge in [0.1, 0.15) is 0 Å². The van der Waals surface area contributed by atoms with E-state index in [0.29, 0.717) is 19.4 Å². The van der Waals surface area contributed by atoms with Gasteiger partial charge in [0, 0.05) is 13.1 Å². The first-order chi connectivity index (χ1) is 7.13. The minimum Gasteiger partial charge on any atom is -0.386 e. The monoisotopic (exact) mass is 220 g/mol. The van der Waals surface area contributed by atoms with Gasteiger partial charge in [-0.05, 0) is 12.8 Å². The van der Waals surface area contributed by atoms with Crippen molar-refractivity contribution < 1.29 is 23.1 Å². The molecule has 84 valence electrons. The maximum absolute atomic E-state index is 11.7. The molecule has 0 spiro atoms. The van der Waals surface area contributed by atoms with Crippen LogP contribution in [0.3, 0.4) is 0 Å². The van der Waals surface area contributed by atoms with E-state index in [1.807, 2.05) is 0 Å². The molecule has 1 rings (SSSR count). The summed E-state index contributed by atoms with van der Waals surface area (Å²) in [4.78, 5) is 25.6. The number of likely N-dealkylation sites (tertiary alicyclic amines) is 1. The Kier molecular flexibility index (Phi) is 4.17. The highest BCUT2D eigenvalue weighted by atomic mass is 19.3. The van der Waals surface area contributed by atoms with E-state index in [1.54, 1.807) is 0 Å². The number of amides is 1. The normalized spacial score (nSPS) is 21.0. The van der Waals surface area contributed by atoms with Crippen LogP contribution in [0, 0.1) is 0 Å². The van der Waals surface area contributed by atoms with Crippen molar-refractivity contribution in [1.82, 2.24) is 4.90 Å². The molecule has 7 heteroatoms. The van der Waals surface area contributed by atoms with Crippen molar-refractivity contribution in [3.05, 3.63) is 0 Å². The van der Waals surface area contributed by atoms with Gasteiger partial charge in [-0.25, -0.2) is 14.6 Å². The Balaban J connectivity index is 2.48. The van der Waals surface area contributed by atoms with Crippen LogP contribution in [0.15, 0.2) is 4.99 Å². The van der Waals surface area contributed by atoms with E-state index >= 15 is 0 Å². The minimum absolute atomic E-state index is 0.126. The molecule has 1 saturated heterocycles. The van der Waals surface area contributed by atoms with Gasteiger partial charge in [0.15, 0.2) is 0 Å². The molecule has 0 aromatic carbocycles. The van der Waals surface area contributed by atoms with E-state index < -0.39 is 12.7 Å². The average Bonchev–Trinajstić information content (AvgIpc) is 2.17. The first-order valence-corrected chi connectivity index (χ1v) is 4.44. The Morgan fingerprint density at radius 2 is 2.33 bits per heavy atom. The van der Waals surface area contributed by atoms with Crippen molar-refractivity contribution in [3.8, 4) is 0 Å². The van der Waals surface area contributed by atoms with Crippen LogP contribution in [-0.2, 0) is 9.53 Å². The number of ether oxygens (including phenoxy) is 1. The van der Waals surface area contributed by atoms with Crippen molar-refractivity contribution >= 4 is 12.2 Å². The summed E-state index contributed by atoms with van der Waals surface area (Å²) in [5.41, 5.74) is 0. The third-order valence-corrected chi connectivity index (χ3v) is 2.08. The lowest BCUT2D eigenvalue weighted by Crippen LogP contribution is -2.42. The number of alkyl halides is 2. The van der Waals surface area contributed by atoms with Gasteiger partial charge in [0.05, 0.1) is 6.04 Å². The van der Waals surface area contributed by atoms with Gasteiger partial charge in [0.25, 0.3) is 0 Å². The molecule has 0 bridgehead atoms. The summed E-state index contributed by atoms with van der Waals surface area (Å²) in [6.45, 7) is -2.65. The Hall–Kier alpha value is -1.49. The quantitative estimate of drug-likeness (QED) is 0.518. The molecule has 0 N–H and O–H groups in total. The van der Waals surface area contributed by atoms with Crippen LogP contribution in [-0.4, -0.2) is 42.8 Å². The Bertz CT molecular complexity index is 279. The molecule has 1 amide bonds. The van der Waals surface area contributed by atoms with E-state index in [-0.39, 0.29) is 12.6 Å². The van der Waals surface area contributed by atoms with Crippen molar-refractivity contribution in [2.24, 2.45) is 4.99 Å². The van der Waals surface area contributed by atoms with Crippen molar-refractivity contribution in [2.45, 2.75) is 25.5 Å². The molecule has 0 saturated carbocycles. The van der Waals surface area contributed by atoms with Crippen LogP contribution in [0.4, 0.5) is 13.6 Å². The van der Waals surface area contributed by atoms with Gasteiger partial charge < -0.3 is 9.64 Å². The minimum atomic E-state index is -3.12. The number of carbonyl (C=O) groups is 1. The van der Waals surface area contributed by atoms with Crippen LogP contribution in [0.25, 0.3) is 0 Å². The zero-order chi connectivity index (χ0) is 11.3. The fourth-order valence-electron chi connectivity index (χ4n) is 1.45. The van der Waals surface area contributed by atoms with E-state index in [2.05, 4.69) is 9.73 Å². The molecule has 15 heavy (non-hydrogen) atoms. The third-order valence-electron chi connectivity index (χ3n) is 2.08. The van der Waals surface area contributed by atoms with Crippen molar-refractivity contribution in [3.63, 3.8) is 0 Å². The Morgan fingerprint density at radius 1 is 1.60 bits per heavy atom. The van der Waals surface area contributed by atoms with Crippen LogP contribution in [0.5, 0.6) is 0 Å². The standard InChI is InChI=1S/C8H10F2N2O3/c9-7(10)15-8(14)12-3-1-2-6(4-12)11-5-13/h6-7H,1-4H2. The number of isocyanates is 1. The van der Waals surface area contributed by atoms with Crippen molar-refractivity contribution in [2.75, 3.05) is 13.1 Å². The fourth-order valence-corrected chi connectivity index (χ4v) is 1.45. The number of hydrogen-bond donors (Lipinski definition) is 0. The van der Waals surface area contributed by atoms with Crippen molar-refractivity contribution in [1.29, 1.82) is 0 Å². The van der Waals surface area contributed by atoms with Crippen LogP contribution in [0.1, 0.15) is 12.8 Å². The maximum atomic E-state index is 11.7. The second kappa shape index (κ2) is 5.41. The molecule has 0 aliphatic carbocycles. The summed E-state index contributed by atoms with van der Waals surface area (Å²) in [5, 5.41) is 0. The zero-order valence-electron chi connectivity index (χ0n) is 7.86. The summed E-state index contributed by atoms with van der Waals surface area (Å²) in [6.07, 6.45) is 1.56.